The molecule has 0 aliphatic heterocycles. The van der Waals surface area contributed by atoms with Gasteiger partial charge in [-0.05, 0) is 19.9 Å². The van der Waals surface area contributed by atoms with Crippen molar-refractivity contribution in [3.05, 3.63) is 23.5 Å². The van der Waals surface area contributed by atoms with E-state index in [2.05, 4.69) is 0 Å². The number of methoxy groups -OCH3 is 1. The van der Waals surface area contributed by atoms with Crippen LogP contribution in [-0.2, 0) is 0 Å². The molecule has 0 amide bonds. The van der Waals surface area contributed by atoms with E-state index in [1.165, 1.54) is 19.2 Å². The van der Waals surface area contributed by atoms with E-state index in [1.54, 1.807) is 0 Å². The average Bonchev–Trinajstić information content (AvgIpc) is 2.29. The van der Waals surface area contributed by atoms with Crippen molar-refractivity contribution >= 4 is 0 Å². The number of aliphatic hydroxyl groups excluding tert-OH is 1. The molecule has 0 bridgehead atoms. The number of hydrogen-bond acceptors (Lipinski definition) is 4. The van der Waals surface area contributed by atoms with E-state index in [9.17, 15) is 4.39 Å². The van der Waals surface area contributed by atoms with Crippen molar-refractivity contribution in [2.75, 3.05) is 13.7 Å². The number of benzene rings is 1. The van der Waals surface area contributed by atoms with E-state index < -0.39 is 11.9 Å². The van der Waals surface area contributed by atoms with Gasteiger partial charge in [-0.2, -0.15) is 0 Å². The van der Waals surface area contributed by atoms with Crippen molar-refractivity contribution in [1.82, 2.24) is 0 Å². The highest BCUT2D eigenvalue weighted by atomic mass is 19.1. The van der Waals surface area contributed by atoms with E-state index in [-0.39, 0.29) is 18.5 Å². The summed E-state index contributed by atoms with van der Waals surface area (Å²) in [5.74, 6) is 0.180. The Hall–Kier alpha value is -1.33. The van der Waals surface area contributed by atoms with Gasteiger partial charge in [-0.25, -0.2) is 4.39 Å². The minimum atomic E-state index is -0.701. The maximum atomic E-state index is 13.4. The van der Waals surface area contributed by atoms with Gasteiger partial charge in [0, 0.05) is 11.6 Å². The molecule has 1 unspecified atom stereocenters. The van der Waals surface area contributed by atoms with Crippen molar-refractivity contribution in [2.24, 2.45) is 5.73 Å². The Morgan fingerprint density at radius 3 is 2.53 bits per heavy atom. The topological polar surface area (TPSA) is 64.7 Å². The highest BCUT2D eigenvalue weighted by Crippen LogP contribution is 2.36. The summed E-state index contributed by atoms with van der Waals surface area (Å²) in [5, 5.41) is 9.06. The standard InChI is InChI=1S/C12H18FNO3/c1-7(2)17-12-9(10(14)6-15)4-8(13)5-11(12)16-3/h4-5,7,10,15H,6,14H2,1-3H3. The van der Waals surface area contributed by atoms with Gasteiger partial charge >= 0.3 is 0 Å². The van der Waals surface area contributed by atoms with Crippen LogP contribution in [0.3, 0.4) is 0 Å². The molecule has 1 rings (SSSR count). The highest BCUT2D eigenvalue weighted by Gasteiger charge is 2.19. The smallest absolute Gasteiger partial charge is 0.166 e. The number of rotatable bonds is 5. The highest BCUT2D eigenvalue weighted by molar-refractivity contribution is 5.48. The zero-order valence-corrected chi connectivity index (χ0v) is 10.2. The van der Waals surface area contributed by atoms with E-state index >= 15 is 0 Å². The van der Waals surface area contributed by atoms with Crippen LogP contribution in [0.15, 0.2) is 12.1 Å². The number of halogens is 1. The lowest BCUT2D eigenvalue weighted by atomic mass is 10.1. The molecule has 4 nitrogen and oxygen atoms in total. The first-order chi connectivity index (χ1) is 7.99. The third kappa shape index (κ3) is 3.31. The first-order valence-electron chi connectivity index (χ1n) is 5.40. The molecule has 0 aliphatic carbocycles. The van der Waals surface area contributed by atoms with Crippen molar-refractivity contribution < 1.29 is 19.0 Å². The quantitative estimate of drug-likeness (QED) is 0.824. The molecule has 5 heteroatoms. The van der Waals surface area contributed by atoms with Crippen LogP contribution in [0.25, 0.3) is 0 Å². The van der Waals surface area contributed by atoms with Crippen LogP contribution >= 0.6 is 0 Å². The first kappa shape index (κ1) is 13.7. The summed E-state index contributed by atoms with van der Waals surface area (Å²) in [7, 11) is 1.43. The Labute approximate surface area is 100 Å². The molecule has 1 atom stereocenters. The molecule has 0 radical (unpaired) electrons. The summed E-state index contributed by atoms with van der Waals surface area (Å²) in [6.45, 7) is 3.40. The van der Waals surface area contributed by atoms with Gasteiger partial charge in [-0.3, -0.25) is 0 Å². The monoisotopic (exact) mass is 243 g/mol. The second kappa shape index (κ2) is 5.84. The van der Waals surface area contributed by atoms with Gasteiger partial charge in [-0.1, -0.05) is 0 Å². The van der Waals surface area contributed by atoms with E-state index in [4.69, 9.17) is 20.3 Å². The zero-order chi connectivity index (χ0) is 13.0. The Balaban J connectivity index is 3.27. The second-order valence-electron chi connectivity index (χ2n) is 3.98. The van der Waals surface area contributed by atoms with Crippen LogP contribution in [0.1, 0.15) is 25.5 Å². The Morgan fingerprint density at radius 1 is 1.41 bits per heavy atom. The fraction of sp³-hybridized carbons (Fsp3) is 0.500. The Kier molecular flexibility index (Phi) is 4.72. The molecule has 0 fully saturated rings. The third-order valence-corrected chi connectivity index (χ3v) is 2.22. The summed E-state index contributed by atoms with van der Waals surface area (Å²) in [6, 6.07) is 1.78. The lowest BCUT2D eigenvalue weighted by molar-refractivity contribution is 0.218. The lowest BCUT2D eigenvalue weighted by Gasteiger charge is -2.20. The predicted molar refractivity (Wildman–Crippen MR) is 62.7 cm³/mol. The van der Waals surface area contributed by atoms with Crippen molar-refractivity contribution in [2.45, 2.75) is 26.0 Å². The molecule has 0 spiro atoms. The second-order valence-corrected chi connectivity index (χ2v) is 3.98. The van der Waals surface area contributed by atoms with Gasteiger partial charge in [0.1, 0.15) is 5.82 Å². The van der Waals surface area contributed by atoms with Gasteiger partial charge in [0.05, 0.1) is 25.9 Å². The molecule has 3 N–H and O–H groups in total. The van der Waals surface area contributed by atoms with Crippen LogP contribution < -0.4 is 15.2 Å². The summed E-state index contributed by atoms with van der Waals surface area (Å²) in [5.41, 5.74) is 6.11. The Bertz CT molecular complexity index is 382. The first-order valence-corrected chi connectivity index (χ1v) is 5.40. The molecule has 0 aliphatic rings. The summed E-state index contributed by atoms with van der Waals surface area (Å²) >= 11 is 0. The summed E-state index contributed by atoms with van der Waals surface area (Å²) in [4.78, 5) is 0. The normalized spacial score (nSPS) is 12.6. The number of hydrogen-bond donors (Lipinski definition) is 2. The van der Waals surface area contributed by atoms with Crippen LogP contribution in [0.5, 0.6) is 11.5 Å². The molecule has 0 aromatic heterocycles. The van der Waals surface area contributed by atoms with Gasteiger partial charge in [0.25, 0.3) is 0 Å². The molecular formula is C12H18FNO3. The maximum absolute atomic E-state index is 13.4. The van der Waals surface area contributed by atoms with Gasteiger partial charge in [0.2, 0.25) is 0 Å². The number of aliphatic hydroxyl groups is 1. The van der Waals surface area contributed by atoms with Crippen LogP contribution in [0.2, 0.25) is 0 Å². The van der Waals surface area contributed by atoms with E-state index in [0.717, 1.165) is 0 Å². The van der Waals surface area contributed by atoms with Crippen LogP contribution in [0.4, 0.5) is 4.39 Å². The van der Waals surface area contributed by atoms with Gasteiger partial charge in [0.15, 0.2) is 11.5 Å². The fourth-order valence-corrected chi connectivity index (χ4v) is 1.48. The summed E-state index contributed by atoms with van der Waals surface area (Å²) < 4.78 is 24.0. The predicted octanol–water partition coefficient (Wildman–Crippen LogP) is 1.61. The molecule has 0 saturated carbocycles. The fourth-order valence-electron chi connectivity index (χ4n) is 1.48. The van der Waals surface area contributed by atoms with Gasteiger partial charge < -0.3 is 20.3 Å². The van der Waals surface area contributed by atoms with Crippen LogP contribution in [0, 0.1) is 5.82 Å². The molecular weight excluding hydrogens is 225 g/mol. The summed E-state index contributed by atoms with van der Waals surface area (Å²) in [6.07, 6.45) is -0.0981. The molecule has 96 valence electrons. The van der Waals surface area contributed by atoms with E-state index in [1.807, 2.05) is 13.8 Å². The zero-order valence-electron chi connectivity index (χ0n) is 10.2. The van der Waals surface area contributed by atoms with Crippen LogP contribution in [-0.4, -0.2) is 24.9 Å². The molecule has 1 aromatic carbocycles. The molecule has 1 aromatic rings. The lowest BCUT2D eigenvalue weighted by Crippen LogP contribution is -2.18. The Morgan fingerprint density at radius 2 is 2.06 bits per heavy atom. The minimum Gasteiger partial charge on any atom is -0.493 e. The third-order valence-electron chi connectivity index (χ3n) is 2.22. The average molecular weight is 243 g/mol. The van der Waals surface area contributed by atoms with Crippen molar-refractivity contribution in [3.63, 3.8) is 0 Å². The number of ether oxygens (including phenoxy) is 2. The van der Waals surface area contributed by atoms with Crippen molar-refractivity contribution in [1.29, 1.82) is 0 Å². The van der Waals surface area contributed by atoms with E-state index in [0.29, 0.717) is 11.3 Å². The molecule has 0 saturated heterocycles. The molecule has 17 heavy (non-hydrogen) atoms. The number of nitrogens with two attached hydrogens (primary N) is 1. The van der Waals surface area contributed by atoms with Gasteiger partial charge in [-0.15, -0.1) is 0 Å². The SMILES string of the molecule is COc1cc(F)cc(C(N)CO)c1OC(C)C. The molecule has 0 heterocycles. The minimum absolute atomic E-state index is 0.0981. The largest absolute Gasteiger partial charge is 0.493 e. The van der Waals surface area contributed by atoms with Crippen molar-refractivity contribution in [3.8, 4) is 11.5 Å². The maximum Gasteiger partial charge on any atom is 0.166 e.